The first-order valence-corrected chi connectivity index (χ1v) is 7.86. The summed E-state index contributed by atoms with van der Waals surface area (Å²) in [7, 11) is 0. The number of amides is 1. The fourth-order valence-corrected chi connectivity index (χ4v) is 2.91. The number of aliphatic hydroxyl groups excluding tert-OH is 1. The van der Waals surface area contributed by atoms with E-state index in [1.165, 1.54) is 0 Å². The summed E-state index contributed by atoms with van der Waals surface area (Å²) in [6.07, 6.45) is 2.78. The highest BCUT2D eigenvalue weighted by molar-refractivity contribution is 5.85. The summed E-state index contributed by atoms with van der Waals surface area (Å²) in [6, 6.07) is 5.98. The van der Waals surface area contributed by atoms with Gasteiger partial charge in [-0.2, -0.15) is 0 Å². The SMILES string of the molecule is Cc1ccc(C)c(OCC(O)CNC2(C(N)=O)CCCC2)c1. The molecule has 1 aliphatic carbocycles. The number of nitrogens with one attached hydrogen (secondary N) is 1. The van der Waals surface area contributed by atoms with Gasteiger partial charge in [-0.15, -0.1) is 0 Å². The van der Waals surface area contributed by atoms with Gasteiger partial charge < -0.3 is 20.9 Å². The number of carbonyl (C=O) groups is 1. The molecule has 0 spiro atoms. The Kier molecular flexibility index (Phi) is 5.42. The lowest BCUT2D eigenvalue weighted by Crippen LogP contribution is -2.55. The van der Waals surface area contributed by atoms with E-state index in [-0.39, 0.29) is 12.5 Å². The number of β-amino-alcohol motifs (C(OH)–C–C–N with tert-alkyl or cyclic N) is 1. The van der Waals surface area contributed by atoms with Gasteiger partial charge in [0.2, 0.25) is 5.91 Å². The van der Waals surface area contributed by atoms with Crippen molar-refractivity contribution >= 4 is 5.91 Å². The van der Waals surface area contributed by atoms with Crippen molar-refractivity contribution in [2.75, 3.05) is 13.2 Å². The van der Waals surface area contributed by atoms with Crippen LogP contribution in [0.25, 0.3) is 0 Å². The van der Waals surface area contributed by atoms with Crippen LogP contribution in [0.3, 0.4) is 0 Å². The molecule has 1 saturated carbocycles. The maximum absolute atomic E-state index is 11.6. The monoisotopic (exact) mass is 306 g/mol. The number of primary amides is 1. The number of hydrogen-bond acceptors (Lipinski definition) is 4. The van der Waals surface area contributed by atoms with Gasteiger partial charge in [0.1, 0.15) is 18.5 Å². The smallest absolute Gasteiger partial charge is 0.237 e. The molecule has 22 heavy (non-hydrogen) atoms. The first-order chi connectivity index (χ1) is 10.4. The van der Waals surface area contributed by atoms with Crippen molar-refractivity contribution in [3.05, 3.63) is 29.3 Å². The molecule has 1 aromatic carbocycles. The van der Waals surface area contributed by atoms with Gasteiger partial charge in [-0.25, -0.2) is 0 Å². The summed E-state index contributed by atoms with van der Waals surface area (Å²) < 4.78 is 5.68. The molecule has 0 bridgehead atoms. The molecule has 122 valence electrons. The van der Waals surface area contributed by atoms with Gasteiger partial charge in [0, 0.05) is 6.54 Å². The number of ether oxygens (including phenoxy) is 1. The number of benzene rings is 1. The average Bonchev–Trinajstić information content (AvgIpc) is 2.96. The second kappa shape index (κ2) is 7.11. The van der Waals surface area contributed by atoms with Crippen molar-refractivity contribution in [3.8, 4) is 5.75 Å². The summed E-state index contributed by atoms with van der Waals surface area (Å²) in [5.41, 5.74) is 7.01. The van der Waals surface area contributed by atoms with E-state index in [1.807, 2.05) is 32.0 Å². The molecule has 1 amide bonds. The quantitative estimate of drug-likeness (QED) is 0.711. The first kappa shape index (κ1) is 16.8. The Labute approximate surface area is 131 Å². The number of carbonyl (C=O) groups excluding carboxylic acids is 1. The number of aliphatic hydroxyl groups is 1. The Hall–Kier alpha value is -1.59. The third-order valence-corrected chi connectivity index (χ3v) is 4.38. The molecule has 0 saturated heterocycles. The number of nitrogens with two attached hydrogens (primary N) is 1. The lowest BCUT2D eigenvalue weighted by molar-refractivity contribution is -0.124. The van der Waals surface area contributed by atoms with Gasteiger partial charge in [-0.3, -0.25) is 4.79 Å². The van der Waals surface area contributed by atoms with E-state index in [1.54, 1.807) is 0 Å². The Morgan fingerprint density at radius 1 is 1.41 bits per heavy atom. The van der Waals surface area contributed by atoms with E-state index in [2.05, 4.69) is 5.32 Å². The van der Waals surface area contributed by atoms with Crippen LogP contribution in [-0.4, -0.2) is 35.8 Å². The van der Waals surface area contributed by atoms with Crippen LogP contribution in [0.4, 0.5) is 0 Å². The third kappa shape index (κ3) is 3.99. The molecule has 1 fully saturated rings. The van der Waals surface area contributed by atoms with Crippen LogP contribution in [0, 0.1) is 13.8 Å². The van der Waals surface area contributed by atoms with Gasteiger partial charge in [0.05, 0.1) is 5.54 Å². The lowest BCUT2D eigenvalue weighted by Gasteiger charge is -2.28. The molecule has 5 nitrogen and oxygen atoms in total. The predicted molar refractivity (Wildman–Crippen MR) is 85.8 cm³/mol. The van der Waals surface area contributed by atoms with Crippen molar-refractivity contribution in [1.29, 1.82) is 0 Å². The van der Waals surface area contributed by atoms with E-state index < -0.39 is 11.6 Å². The van der Waals surface area contributed by atoms with Crippen LogP contribution in [0.5, 0.6) is 5.75 Å². The van der Waals surface area contributed by atoms with E-state index in [0.717, 1.165) is 42.6 Å². The molecular formula is C17H26N2O3. The fraction of sp³-hybridized carbons (Fsp3) is 0.588. The minimum absolute atomic E-state index is 0.187. The summed E-state index contributed by atoms with van der Waals surface area (Å²) in [6.45, 7) is 4.46. The number of aryl methyl sites for hydroxylation is 2. The standard InChI is InChI=1S/C17H26N2O3/c1-12-5-6-13(2)15(9-12)22-11-14(20)10-19-17(16(18)21)7-3-4-8-17/h5-6,9,14,19-20H,3-4,7-8,10-11H2,1-2H3,(H2,18,21). The molecule has 0 aromatic heterocycles. The predicted octanol–water partition coefficient (Wildman–Crippen LogP) is 1.43. The van der Waals surface area contributed by atoms with Gasteiger partial charge in [-0.05, 0) is 43.9 Å². The summed E-state index contributed by atoms with van der Waals surface area (Å²) in [5.74, 6) is 0.456. The molecule has 1 unspecified atom stereocenters. The highest BCUT2D eigenvalue weighted by Gasteiger charge is 2.39. The van der Waals surface area contributed by atoms with E-state index in [4.69, 9.17) is 10.5 Å². The zero-order valence-corrected chi connectivity index (χ0v) is 13.4. The third-order valence-electron chi connectivity index (χ3n) is 4.38. The van der Waals surface area contributed by atoms with Crippen molar-refractivity contribution in [3.63, 3.8) is 0 Å². The Morgan fingerprint density at radius 3 is 2.73 bits per heavy atom. The van der Waals surface area contributed by atoms with Crippen molar-refractivity contribution in [2.24, 2.45) is 5.73 Å². The highest BCUT2D eigenvalue weighted by Crippen LogP contribution is 2.29. The average molecular weight is 306 g/mol. The molecular weight excluding hydrogens is 280 g/mol. The van der Waals surface area contributed by atoms with Crippen LogP contribution in [0.15, 0.2) is 18.2 Å². The van der Waals surface area contributed by atoms with Crippen LogP contribution in [0.1, 0.15) is 36.8 Å². The molecule has 2 rings (SSSR count). The van der Waals surface area contributed by atoms with Gasteiger partial charge in [-0.1, -0.05) is 25.0 Å². The van der Waals surface area contributed by atoms with Crippen LogP contribution < -0.4 is 15.8 Å². The largest absolute Gasteiger partial charge is 0.491 e. The van der Waals surface area contributed by atoms with Crippen molar-refractivity contribution in [2.45, 2.75) is 51.2 Å². The van der Waals surface area contributed by atoms with E-state index >= 15 is 0 Å². The fourth-order valence-electron chi connectivity index (χ4n) is 2.91. The van der Waals surface area contributed by atoms with Gasteiger partial charge in [0.25, 0.3) is 0 Å². The Balaban J connectivity index is 1.84. The zero-order chi connectivity index (χ0) is 16.2. The Bertz CT molecular complexity index is 525. The summed E-state index contributed by atoms with van der Waals surface area (Å²) in [5, 5.41) is 13.2. The first-order valence-electron chi connectivity index (χ1n) is 7.86. The molecule has 0 aliphatic heterocycles. The van der Waals surface area contributed by atoms with Crippen LogP contribution in [-0.2, 0) is 4.79 Å². The van der Waals surface area contributed by atoms with Crippen molar-refractivity contribution in [1.82, 2.24) is 5.32 Å². The lowest BCUT2D eigenvalue weighted by atomic mass is 9.96. The van der Waals surface area contributed by atoms with E-state index in [9.17, 15) is 9.90 Å². The molecule has 1 atom stereocenters. The molecule has 1 aromatic rings. The second-order valence-electron chi connectivity index (χ2n) is 6.27. The molecule has 5 heteroatoms. The minimum Gasteiger partial charge on any atom is -0.491 e. The van der Waals surface area contributed by atoms with Crippen LogP contribution >= 0.6 is 0 Å². The molecule has 1 aliphatic rings. The summed E-state index contributed by atoms with van der Waals surface area (Å²) in [4.78, 5) is 11.6. The maximum atomic E-state index is 11.6. The molecule has 0 radical (unpaired) electrons. The van der Waals surface area contributed by atoms with Gasteiger partial charge in [0.15, 0.2) is 0 Å². The highest BCUT2D eigenvalue weighted by atomic mass is 16.5. The zero-order valence-electron chi connectivity index (χ0n) is 13.4. The maximum Gasteiger partial charge on any atom is 0.237 e. The minimum atomic E-state index is -0.684. The second-order valence-corrected chi connectivity index (χ2v) is 6.27. The normalized spacial score (nSPS) is 18.1. The molecule has 0 heterocycles. The number of hydrogen-bond donors (Lipinski definition) is 3. The Morgan fingerprint density at radius 2 is 2.09 bits per heavy atom. The van der Waals surface area contributed by atoms with Crippen molar-refractivity contribution < 1.29 is 14.6 Å². The topological polar surface area (TPSA) is 84.6 Å². The summed E-state index contributed by atoms with van der Waals surface area (Å²) >= 11 is 0. The van der Waals surface area contributed by atoms with Crippen LogP contribution in [0.2, 0.25) is 0 Å². The number of rotatable bonds is 7. The molecule has 4 N–H and O–H groups in total. The van der Waals surface area contributed by atoms with E-state index in [0.29, 0.717) is 6.54 Å². The van der Waals surface area contributed by atoms with Gasteiger partial charge >= 0.3 is 0 Å².